The Morgan fingerprint density at radius 1 is 1.36 bits per heavy atom. The van der Waals surface area contributed by atoms with Gasteiger partial charge in [-0.15, -0.1) is 0 Å². The lowest BCUT2D eigenvalue weighted by molar-refractivity contribution is -0.137. The minimum absolute atomic E-state index is 0.0567. The van der Waals surface area contributed by atoms with Gasteiger partial charge in [-0.25, -0.2) is 18.4 Å². The van der Waals surface area contributed by atoms with Crippen LogP contribution in [0.3, 0.4) is 0 Å². The van der Waals surface area contributed by atoms with Crippen LogP contribution in [0, 0.1) is 0 Å². The smallest absolute Gasteiger partial charge is 0.260 e. The van der Waals surface area contributed by atoms with Gasteiger partial charge in [0.25, 0.3) is 5.91 Å². The van der Waals surface area contributed by atoms with Gasteiger partial charge in [0.05, 0.1) is 12.4 Å². The normalized spacial score (nSPS) is 19.0. The molecule has 122 valence electrons. The number of aromatic nitrogens is 2. The summed E-state index contributed by atoms with van der Waals surface area (Å²) in [5.41, 5.74) is 0. The molecular formula is C14H21N3O4S. The zero-order chi connectivity index (χ0) is 16.2. The van der Waals surface area contributed by atoms with Gasteiger partial charge in [-0.1, -0.05) is 6.92 Å². The van der Waals surface area contributed by atoms with Gasteiger partial charge >= 0.3 is 0 Å². The fraction of sp³-hybridized carbons (Fsp3) is 0.643. The molecule has 1 fully saturated rings. The Morgan fingerprint density at radius 3 is 2.64 bits per heavy atom. The van der Waals surface area contributed by atoms with E-state index >= 15 is 0 Å². The van der Waals surface area contributed by atoms with Crippen molar-refractivity contribution in [1.82, 2.24) is 14.9 Å². The zero-order valence-electron chi connectivity index (χ0n) is 12.9. The van der Waals surface area contributed by atoms with Gasteiger partial charge in [-0.2, -0.15) is 0 Å². The first kappa shape index (κ1) is 16.7. The fourth-order valence-electron chi connectivity index (χ4n) is 2.55. The number of carbonyl (C=O) groups excluding carboxylic acids is 1. The second-order valence-electron chi connectivity index (χ2n) is 5.41. The first-order valence-electron chi connectivity index (χ1n) is 7.36. The van der Waals surface area contributed by atoms with E-state index in [2.05, 4.69) is 16.9 Å². The Kier molecular flexibility index (Phi) is 5.33. The highest BCUT2D eigenvalue weighted by Gasteiger charge is 2.25. The lowest BCUT2D eigenvalue weighted by Gasteiger charge is -2.35. The van der Waals surface area contributed by atoms with Crippen molar-refractivity contribution in [2.45, 2.75) is 43.8 Å². The molecule has 0 bridgehead atoms. The molecule has 1 aliphatic rings. The molecule has 7 nitrogen and oxygen atoms in total. The highest BCUT2D eigenvalue weighted by Crippen LogP contribution is 2.19. The minimum atomic E-state index is -3.43. The van der Waals surface area contributed by atoms with Gasteiger partial charge in [0.15, 0.2) is 12.4 Å². The molecule has 1 saturated heterocycles. The van der Waals surface area contributed by atoms with Crippen LogP contribution < -0.4 is 4.74 Å². The number of carbonyl (C=O) groups is 1. The number of hydrogen-bond acceptors (Lipinski definition) is 6. The molecule has 1 atom stereocenters. The van der Waals surface area contributed by atoms with E-state index in [9.17, 15) is 13.2 Å². The highest BCUT2D eigenvalue weighted by atomic mass is 32.2. The summed E-state index contributed by atoms with van der Waals surface area (Å²) in [4.78, 5) is 21.5. The predicted molar refractivity (Wildman–Crippen MR) is 80.3 cm³/mol. The minimum Gasteiger partial charge on any atom is -0.481 e. The number of nitrogens with zero attached hydrogens (tertiary/aromatic N) is 3. The topological polar surface area (TPSA) is 89.5 Å². The lowest BCUT2D eigenvalue weighted by atomic mass is 10.00. The van der Waals surface area contributed by atoms with Crippen LogP contribution in [0.25, 0.3) is 0 Å². The average Bonchev–Trinajstić information content (AvgIpc) is 2.52. The number of amides is 1. The zero-order valence-corrected chi connectivity index (χ0v) is 13.7. The summed E-state index contributed by atoms with van der Waals surface area (Å²) >= 11 is 0. The van der Waals surface area contributed by atoms with E-state index in [1.165, 1.54) is 12.4 Å². The maximum atomic E-state index is 12.2. The van der Waals surface area contributed by atoms with Crippen molar-refractivity contribution in [3.8, 4) is 5.75 Å². The number of ether oxygens (including phenoxy) is 1. The van der Waals surface area contributed by atoms with Crippen LogP contribution in [0.5, 0.6) is 5.75 Å². The van der Waals surface area contributed by atoms with Crippen LogP contribution in [0.1, 0.15) is 32.6 Å². The van der Waals surface area contributed by atoms with Crippen molar-refractivity contribution in [3.05, 3.63) is 12.4 Å². The number of likely N-dealkylation sites (tertiary alicyclic amines) is 1. The van der Waals surface area contributed by atoms with E-state index in [-0.39, 0.29) is 29.5 Å². The molecule has 1 amide bonds. The molecule has 2 rings (SSSR count). The lowest BCUT2D eigenvalue weighted by Crippen LogP contribution is -2.45. The van der Waals surface area contributed by atoms with E-state index in [4.69, 9.17) is 4.74 Å². The Labute approximate surface area is 130 Å². The van der Waals surface area contributed by atoms with Crippen LogP contribution >= 0.6 is 0 Å². The van der Waals surface area contributed by atoms with Gasteiger partial charge < -0.3 is 9.64 Å². The molecule has 1 aromatic heterocycles. The number of rotatable bonds is 5. The van der Waals surface area contributed by atoms with Gasteiger partial charge in [0.1, 0.15) is 0 Å². The second kappa shape index (κ2) is 7.04. The van der Waals surface area contributed by atoms with E-state index in [1.807, 2.05) is 4.90 Å². The van der Waals surface area contributed by atoms with Gasteiger partial charge in [-0.05, 0) is 25.7 Å². The quantitative estimate of drug-likeness (QED) is 0.751. The van der Waals surface area contributed by atoms with E-state index in [0.29, 0.717) is 0 Å². The van der Waals surface area contributed by atoms with Crippen LogP contribution in [-0.4, -0.2) is 54.6 Å². The van der Waals surface area contributed by atoms with Crippen molar-refractivity contribution in [3.63, 3.8) is 0 Å². The molecule has 1 aromatic rings. The maximum Gasteiger partial charge on any atom is 0.260 e. The summed E-state index contributed by atoms with van der Waals surface area (Å²) in [5, 5.41) is -0.256. The summed E-state index contributed by atoms with van der Waals surface area (Å²) in [6.45, 7) is 2.76. The predicted octanol–water partition coefficient (Wildman–Crippen LogP) is 1.05. The molecule has 2 heterocycles. The second-order valence-corrected chi connectivity index (χ2v) is 7.32. The third-order valence-electron chi connectivity index (χ3n) is 3.72. The first-order chi connectivity index (χ1) is 10.4. The van der Waals surface area contributed by atoms with Crippen molar-refractivity contribution in [2.24, 2.45) is 0 Å². The summed E-state index contributed by atoms with van der Waals surface area (Å²) in [7, 11) is -3.43. The number of hydrogen-bond donors (Lipinski definition) is 0. The van der Waals surface area contributed by atoms with Gasteiger partial charge in [-0.3, -0.25) is 4.79 Å². The van der Waals surface area contributed by atoms with Crippen molar-refractivity contribution < 1.29 is 17.9 Å². The Hall–Kier alpha value is -1.70. The molecule has 0 saturated carbocycles. The van der Waals surface area contributed by atoms with E-state index < -0.39 is 9.84 Å². The molecule has 0 aliphatic carbocycles. The summed E-state index contributed by atoms with van der Waals surface area (Å²) in [6.07, 6.45) is 7.73. The van der Waals surface area contributed by atoms with Gasteiger partial charge in [0, 0.05) is 18.8 Å². The molecule has 0 radical (unpaired) electrons. The van der Waals surface area contributed by atoms with Crippen LogP contribution in [0.2, 0.25) is 0 Å². The maximum absolute atomic E-state index is 12.2. The van der Waals surface area contributed by atoms with E-state index in [1.54, 1.807) is 0 Å². The summed E-state index contributed by atoms with van der Waals surface area (Å²) < 4.78 is 27.9. The molecule has 0 N–H and O–H groups in total. The number of piperidine rings is 1. The van der Waals surface area contributed by atoms with Crippen LogP contribution in [0.4, 0.5) is 0 Å². The standard InChI is InChI=1S/C14H21N3O4S/c1-3-11-6-4-5-7-17(11)13(18)10-21-12-8-15-14(16-9-12)22(2,19)20/h8-9,11H,3-7,10H2,1-2H3/t11-/m0/s1. The fourth-order valence-corrected chi connectivity index (χ4v) is 3.04. The Bertz CT molecular complexity index is 615. The molecule has 0 spiro atoms. The Morgan fingerprint density at radius 2 is 2.05 bits per heavy atom. The molecule has 0 aromatic carbocycles. The average molecular weight is 327 g/mol. The summed E-state index contributed by atoms with van der Waals surface area (Å²) in [5.74, 6) is 0.226. The third-order valence-corrected chi connectivity index (χ3v) is 4.59. The largest absolute Gasteiger partial charge is 0.481 e. The van der Waals surface area contributed by atoms with E-state index in [0.717, 1.165) is 38.5 Å². The summed E-state index contributed by atoms with van der Waals surface area (Å²) in [6, 6.07) is 0.286. The highest BCUT2D eigenvalue weighted by molar-refractivity contribution is 7.90. The number of sulfone groups is 1. The van der Waals surface area contributed by atoms with Crippen molar-refractivity contribution >= 4 is 15.7 Å². The molecule has 1 aliphatic heterocycles. The SMILES string of the molecule is CC[C@H]1CCCCN1C(=O)COc1cnc(S(C)(=O)=O)nc1. The monoisotopic (exact) mass is 327 g/mol. The molecule has 8 heteroatoms. The Balaban J connectivity index is 1.93. The van der Waals surface area contributed by atoms with Gasteiger partial charge in [0.2, 0.25) is 15.0 Å². The van der Waals surface area contributed by atoms with Crippen molar-refractivity contribution in [2.75, 3.05) is 19.4 Å². The molecular weight excluding hydrogens is 306 g/mol. The molecule has 22 heavy (non-hydrogen) atoms. The molecule has 0 unspecified atom stereocenters. The first-order valence-corrected chi connectivity index (χ1v) is 9.25. The van der Waals surface area contributed by atoms with Crippen molar-refractivity contribution in [1.29, 1.82) is 0 Å². The third kappa shape index (κ3) is 4.16. The van der Waals surface area contributed by atoms with Crippen LogP contribution in [0.15, 0.2) is 17.6 Å². The van der Waals surface area contributed by atoms with Crippen LogP contribution in [-0.2, 0) is 14.6 Å².